The van der Waals surface area contributed by atoms with Crippen molar-refractivity contribution in [2.75, 3.05) is 0 Å². The van der Waals surface area contributed by atoms with Gasteiger partial charge >= 0.3 is 0 Å². The standard InChI is InChI=1S/C24H35NS/c26-21(23-9-3-18(15-23)4-10-23)13-20(22-7-1-17(14-22)2-8-22)25-24-11-5-19(16-24)6-12-24/h13,17-19,25H,1-12,14-16H2. The van der Waals surface area contributed by atoms with Crippen LogP contribution in [0.2, 0.25) is 0 Å². The van der Waals surface area contributed by atoms with Gasteiger partial charge in [-0.15, -0.1) is 0 Å². The molecule has 1 N–H and O–H groups in total. The highest BCUT2D eigenvalue weighted by molar-refractivity contribution is 7.80. The number of nitrogens with one attached hydrogen (secondary N) is 1. The van der Waals surface area contributed by atoms with Gasteiger partial charge in [-0.05, 0) is 120 Å². The molecule has 0 aromatic heterocycles. The lowest BCUT2D eigenvalue weighted by atomic mass is 9.76. The smallest absolute Gasteiger partial charge is 0.0373 e. The average Bonchev–Trinajstić information content (AvgIpc) is 3.49. The molecule has 6 rings (SSSR count). The van der Waals surface area contributed by atoms with Gasteiger partial charge < -0.3 is 5.32 Å². The third-order valence-electron chi connectivity index (χ3n) is 9.99. The predicted octanol–water partition coefficient (Wildman–Crippen LogP) is 6.32. The Morgan fingerprint density at radius 1 is 0.692 bits per heavy atom. The average molecular weight is 370 g/mol. The quantitative estimate of drug-likeness (QED) is 0.449. The zero-order valence-corrected chi connectivity index (χ0v) is 17.1. The van der Waals surface area contributed by atoms with Crippen LogP contribution in [-0.4, -0.2) is 10.4 Å². The van der Waals surface area contributed by atoms with Crippen molar-refractivity contribution < 1.29 is 0 Å². The number of allylic oxidation sites excluding steroid dienone is 2. The normalized spacial score (nSPS) is 51.5. The zero-order chi connectivity index (χ0) is 17.4. The monoisotopic (exact) mass is 369 g/mol. The maximum Gasteiger partial charge on any atom is 0.0373 e. The van der Waals surface area contributed by atoms with Gasteiger partial charge in [-0.3, -0.25) is 0 Å². The van der Waals surface area contributed by atoms with Crippen LogP contribution in [0.3, 0.4) is 0 Å². The van der Waals surface area contributed by atoms with Crippen molar-refractivity contribution >= 4 is 17.1 Å². The summed E-state index contributed by atoms with van der Waals surface area (Å²) < 4.78 is 0. The summed E-state index contributed by atoms with van der Waals surface area (Å²) in [6.07, 6.45) is 24.0. The molecule has 6 aliphatic rings. The molecule has 0 radical (unpaired) electrons. The van der Waals surface area contributed by atoms with Crippen molar-refractivity contribution in [2.45, 2.75) is 102 Å². The fourth-order valence-corrected chi connectivity index (χ4v) is 8.77. The first-order chi connectivity index (χ1) is 12.6. The molecule has 6 bridgehead atoms. The van der Waals surface area contributed by atoms with E-state index >= 15 is 0 Å². The molecular formula is C24H35NS. The SMILES string of the molecule is S=C(C=C(NC12CCC(CC1)C2)C12CCC(CC1)C2)C12CCC(CC1)C2. The van der Waals surface area contributed by atoms with Gasteiger partial charge in [-0.2, -0.15) is 0 Å². The molecule has 6 saturated carbocycles. The van der Waals surface area contributed by atoms with Crippen LogP contribution in [0, 0.1) is 28.6 Å². The van der Waals surface area contributed by atoms with Crippen LogP contribution >= 0.6 is 12.2 Å². The van der Waals surface area contributed by atoms with Crippen molar-refractivity contribution in [2.24, 2.45) is 28.6 Å². The van der Waals surface area contributed by atoms with Gasteiger partial charge in [0.15, 0.2) is 0 Å². The van der Waals surface area contributed by atoms with Crippen LogP contribution in [-0.2, 0) is 0 Å². The third kappa shape index (κ3) is 2.36. The summed E-state index contributed by atoms with van der Waals surface area (Å²) in [6.45, 7) is 0. The molecule has 142 valence electrons. The largest absolute Gasteiger partial charge is 0.382 e. The minimum absolute atomic E-state index is 0.408. The van der Waals surface area contributed by atoms with Crippen LogP contribution in [0.5, 0.6) is 0 Å². The summed E-state index contributed by atoms with van der Waals surface area (Å²) >= 11 is 6.18. The first-order valence-electron chi connectivity index (χ1n) is 11.6. The number of thiocarbonyl (C=S) groups is 1. The third-order valence-corrected chi connectivity index (χ3v) is 10.5. The maximum absolute atomic E-state index is 6.18. The predicted molar refractivity (Wildman–Crippen MR) is 111 cm³/mol. The van der Waals surface area contributed by atoms with Gasteiger partial charge in [0.2, 0.25) is 0 Å². The summed E-state index contributed by atoms with van der Waals surface area (Å²) in [6, 6.07) is 0. The summed E-state index contributed by atoms with van der Waals surface area (Å²) in [5.41, 5.74) is 2.94. The minimum Gasteiger partial charge on any atom is -0.382 e. The van der Waals surface area contributed by atoms with Crippen molar-refractivity contribution in [3.63, 3.8) is 0 Å². The molecule has 0 saturated heterocycles. The van der Waals surface area contributed by atoms with Crippen molar-refractivity contribution in [1.29, 1.82) is 0 Å². The van der Waals surface area contributed by atoms with Gasteiger partial charge in [0.05, 0.1) is 0 Å². The fraction of sp³-hybridized carbons (Fsp3) is 0.875. The molecule has 0 spiro atoms. The number of hydrogen-bond acceptors (Lipinski definition) is 2. The Morgan fingerprint density at radius 2 is 1.19 bits per heavy atom. The van der Waals surface area contributed by atoms with Crippen LogP contribution in [0.1, 0.15) is 96.3 Å². The lowest BCUT2D eigenvalue weighted by Crippen LogP contribution is -2.45. The van der Waals surface area contributed by atoms with E-state index in [1.807, 2.05) is 0 Å². The molecule has 6 aliphatic carbocycles. The van der Waals surface area contributed by atoms with E-state index in [1.165, 1.54) is 101 Å². The summed E-state index contributed by atoms with van der Waals surface area (Å²) in [4.78, 5) is 1.34. The van der Waals surface area contributed by atoms with Gasteiger partial charge in [0, 0.05) is 26.9 Å². The molecule has 2 heteroatoms. The highest BCUT2D eigenvalue weighted by Gasteiger charge is 2.52. The molecule has 6 fully saturated rings. The number of fused-ring (bicyclic) bond motifs is 6. The molecule has 0 atom stereocenters. The van der Waals surface area contributed by atoms with Gasteiger partial charge in [-0.1, -0.05) is 12.2 Å². The molecule has 0 aromatic rings. The Bertz CT molecular complexity index is 637. The van der Waals surface area contributed by atoms with Crippen molar-refractivity contribution in [3.05, 3.63) is 11.8 Å². The molecule has 0 aliphatic heterocycles. The second kappa shape index (κ2) is 5.58. The van der Waals surface area contributed by atoms with E-state index in [0.717, 1.165) is 17.8 Å². The van der Waals surface area contributed by atoms with Gasteiger partial charge in [-0.25, -0.2) is 0 Å². The number of rotatable bonds is 5. The summed E-state index contributed by atoms with van der Waals surface area (Å²) in [5.74, 6) is 3.01. The topological polar surface area (TPSA) is 12.0 Å². The molecule has 0 aromatic carbocycles. The van der Waals surface area contributed by atoms with E-state index in [-0.39, 0.29) is 0 Å². The molecule has 26 heavy (non-hydrogen) atoms. The van der Waals surface area contributed by atoms with E-state index in [0.29, 0.717) is 16.4 Å². The van der Waals surface area contributed by atoms with Crippen molar-refractivity contribution in [1.82, 2.24) is 5.32 Å². The van der Waals surface area contributed by atoms with Crippen molar-refractivity contribution in [3.8, 4) is 0 Å². The second-order valence-electron chi connectivity index (χ2n) is 11.3. The van der Waals surface area contributed by atoms with E-state index < -0.39 is 0 Å². The van der Waals surface area contributed by atoms with Crippen LogP contribution in [0.15, 0.2) is 11.8 Å². The zero-order valence-electron chi connectivity index (χ0n) is 16.3. The Kier molecular flexibility index (Phi) is 3.56. The first-order valence-corrected chi connectivity index (χ1v) is 12.0. The van der Waals surface area contributed by atoms with Gasteiger partial charge in [0.1, 0.15) is 0 Å². The molecular weight excluding hydrogens is 334 g/mol. The van der Waals surface area contributed by atoms with E-state index in [4.69, 9.17) is 12.2 Å². The Morgan fingerprint density at radius 3 is 1.65 bits per heavy atom. The fourth-order valence-electron chi connectivity index (χ4n) is 8.37. The Labute approximate surface area is 164 Å². The maximum atomic E-state index is 6.18. The molecule has 0 unspecified atom stereocenters. The van der Waals surface area contributed by atoms with E-state index in [9.17, 15) is 0 Å². The minimum atomic E-state index is 0.408. The van der Waals surface area contributed by atoms with Crippen LogP contribution in [0.25, 0.3) is 0 Å². The highest BCUT2D eigenvalue weighted by Crippen LogP contribution is 2.60. The summed E-state index contributed by atoms with van der Waals surface area (Å²) in [5, 5.41) is 4.26. The number of hydrogen-bond donors (Lipinski definition) is 1. The van der Waals surface area contributed by atoms with Gasteiger partial charge in [0.25, 0.3) is 0 Å². The van der Waals surface area contributed by atoms with E-state index in [2.05, 4.69) is 11.4 Å². The van der Waals surface area contributed by atoms with Crippen LogP contribution in [0.4, 0.5) is 0 Å². The second-order valence-corrected chi connectivity index (χ2v) is 11.8. The molecule has 0 amide bonds. The first kappa shape index (κ1) is 16.6. The van der Waals surface area contributed by atoms with Crippen LogP contribution < -0.4 is 5.32 Å². The lowest BCUT2D eigenvalue weighted by Gasteiger charge is -2.39. The molecule has 1 nitrogen and oxygen atoms in total. The Balaban J connectivity index is 1.33. The van der Waals surface area contributed by atoms with E-state index in [1.54, 1.807) is 5.70 Å². The lowest BCUT2D eigenvalue weighted by molar-refractivity contribution is 0.278. The Hall–Kier alpha value is -0.370. The molecule has 0 heterocycles. The summed E-state index contributed by atoms with van der Waals surface area (Å²) in [7, 11) is 0. The highest BCUT2D eigenvalue weighted by atomic mass is 32.1.